The van der Waals surface area contributed by atoms with Crippen LogP contribution >= 0.6 is 0 Å². The molecule has 0 aliphatic carbocycles. The SMILES string of the molecule is CCC(C)CC=C(C)OC(C)=CCC(C)CC. The Bertz CT molecular complexity index is 224. The molecule has 100 valence electrons. The van der Waals surface area contributed by atoms with Gasteiger partial charge in [-0.25, -0.2) is 0 Å². The van der Waals surface area contributed by atoms with Gasteiger partial charge in [0.05, 0.1) is 11.5 Å². The molecule has 0 amide bonds. The zero-order valence-electron chi connectivity index (χ0n) is 12.5. The average molecular weight is 238 g/mol. The molecule has 0 N–H and O–H groups in total. The molecule has 0 aromatic rings. The molecule has 0 saturated carbocycles. The summed E-state index contributed by atoms with van der Waals surface area (Å²) >= 11 is 0. The monoisotopic (exact) mass is 238 g/mol. The molecule has 0 aliphatic rings. The van der Waals surface area contributed by atoms with Crippen molar-refractivity contribution in [3.63, 3.8) is 0 Å². The molecule has 2 atom stereocenters. The number of rotatable bonds is 8. The van der Waals surface area contributed by atoms with Crippen molar-refractivity contribution in [1.82, 2.24) is 0 Å². The van der Waals surface area contributed by atoms with Crippen LogP contribution in [0.5, 0.6) is 0 Å². The lowest BCUT2D eigenvalue weighted by Crippen LogP contribution is -1.93. The van der Waals surface area contributed by atoms with E-state index >= 15 is 0 Å². The molecule has 1 heteroatoms. The van der Waals surface area contributed by atoms with Gasteiger partial charge in [0.2, 0.25) is 0 Å². The fraction of sp³-hybridized carbons (Fsp3) is 0.750. The molecule has 0 bridgehead atoms. The van der Waals surface area contributed by atoms with Crippen LogP contribution < -0.4 is 0 Å². The molecule has 0 aliphatic heterocycles. The summed E-state index contributed by atoms with van der Waals surface area (Å²) in [5.74, 6) is 3.56. The first-order chi connectivity index (χ1) is 7.99. The zero-order chi connectivity index (χ0) is 13.3. The summed E-state index contributed by atoms with van der Waals surface area (Å²) in [5, 5.41) is 0. The molecule has 1 nitrogen and oxygen atoms in total. The predicted octanol–water partition coefficient (Wildman–Crippen LogP) is 5.68. The van der Waals surface area contributed by atoms with E-state index in [1.165, 1.54) is 12.8 Å². The van der Waals surface area contributed by atoms with Crippen molar-refractivity contribution in [1.29, 1.82) is 0 Å². The minimum absolute atomic E-state index is 0.748. The van der Waals surface area contributed by atoms with Crippen LogP contribution in [0.3, 0.4) is 0 Å². The highest BCUT2D eigenvalue weighted by atomic mass is 16.5. The van der Waals surface area contributed by atoms with Crippen LogP contribution in [0.2, 0.25) is 0 Å². The maximum atomic E-state index is 5.76. The molecule has 0 rings (SSSR count). The molecular weight excluding hydrogens is 208 g/mol. The summed E-state index contributed by atoms with van der Waals surface area (Å²) < 4.78 is 5.76. The smallest absolute Gasteiger partial charge is 0.0965 e. The van der Waals surface area contributed by atoms with E-state index in [2.05, 4.69) is 39.8 Å². The molecule has 0 aromatic carbocycles. The zero-order valence-corrected chi connectivity index (χ0v) is 12.5. The van der Waals surface area contributed by atoms with E-state index in [1.807, 2.05) is 13.8 Å². The van der Waals surface area contributed by atoms with Crippen molar-refractivity contribution in [2.45, 2.75) is 67.2 Å². The van der Waals surface area contributed by atoms with Crippen molar-refractivity contribution in [3.05, 3.63) is 23.7 Å². The van der Waals surface area contributed by atoms with Crippen LogP contribution in [0, 0.1) is 11.8 Å². The van der Waals surface area contributed by atoms with E-state index in [1.54, 1.807) is 0 Å². The van der Waals surface area contributed by atoms with Gasteiger partial charge < -0.3 is 4.74 Å². The summed E-state index contributed by atoms with van der Waals surface area (Å²) in [7, 11) is 0. The maximum Gasteiger partial charge on any atom is 0.0965 e. The van der Waals surface area contributed by atoms with Crippen LogP contribution in [-0.2, 0) is 4.74 Å². The quantitative estimate of drug-likeness (QED) is 0.494. The molecule has 0 spiro atoms. The van der Waals surface area contributed by atoms with E-state index in [0.29, 0.717) is 0 Å². The van der Waals surface area contributed by atoms with Crippen LogP contribution in [0.25, 0.3) is 0 Å². The van der Waals surface area contributed by atoms with Gasteiger partial charge in [0.25, 0.3) is 0 Å². The van der Waals surface area contributed by atoms with Gasteiger partial charge in [0, 0.05) is 0 Å². The summed E-state index contributed by atoms with van der Waals surface area (Å²) in [4.78, 5) is 0. The second-order valence-electron chi connectivity index (χ2n) is 5.23. The lowest BCUT2D eigenvalue weighted by atomic mass is 10.0. The number of allylic oxidation sites excluding steroid dienone is 4. The van der Waals surface area contributed by atoms with Crippen molar-refractivity contribution < 1.29 is 4.74 Å². The average Bonchev–Trinajstić information content (AvgIpc) is 2.32. The molecule has 2 unspecified atom stereocenters. The second kappa shape index (κ2) is 9.32. The number of hydrogen-bond donors (Lipinski definition) is 0. The fourth-order valence-electron chi connectivity index (χ4n) is 1.40. The van der Waals surface area contributed by atoms with Crippen LogP contribution in [0.4, 0.5) is 0 Å². The Balaban J connectivity index is 4.05. The number of ether oxygens (including phenoxy) is 1. The lowest BCUT2D eigenvalue weighted by molar-refractivity contribution is 0.302. The van der Waals surface area contributed by atoms with E-state index in [9.17, 15) is 0 Å². The summed E-state index contributed by atoms with van der Waals surface area (Å²) in [6.07, 6.45) is 9.09. The van der Waals surface area contributed by atoms with Gasteiger partial charge in [-0.2, -0.15) is 0 Å². The Labute approximate surface area is 108 Å². The van der Waals surface area contributed by atoms with E-state index in [4.69, 9.17) is 4.74 Å². The number of hydrogen-bond acceptors (Lipinski definition) is 1. The third-order valence-electron chi connectivity index (χ3n) is 3.33. The first kappa shape index (κ1) is 16.3. The van der Waals surface area contributed by atoms with E-state index in [-0.39, 0.29) is 0 Å². The molecule has 0 saturated heterocycles. The van der Waals surface area contributed by atoms with E-state index < -0.39 is 0 Å². The Kier molecular flexibility index (Phi) is 8.93. The van der Waals surface area contributed by atoms with Gasteiger partial charge in [-0.3, -0.25) is 0 Å². The minimum Gasteiger partial charge on any atom is -0.467 e. The van der Waals surface area contributed by atoms with Crippen LogP contribution in [-0.4, -0.2) is 0 Å². The van der Waals surface area contributed by atoms with E-state index in [0.717, 1.165) is 36.2 Å². The van der Waals surface area contributed by atoms with Gasteiger partial charge in [0.1, 0.15) is 0 Å². The van der Waals surface area contributed by atoms with Gasteiger partial charge in [-0.1, -0.05) is 40.5 Å². The molecule has 0 fully saturated rings. The third-order valence-corrected chi connectivity index (χ3v) is 3.33. The highest BCUT2D eigenvalue weighted by Crippen LogP contribution is 2.14. The third kappa shape index (κ3) is 9.02. The highest BCUT2D eigenvalue weighted by molar-refractivity contribution is 4.98. The van der Waals surface area contributed by atoms with Gasteiger partial charge in [-0.15, -0.1) is 0 Å². The standard InChI is InChI=1S/C16H30O/c1-7-13(3)9-11-15(5)17-16(6)12-10-14(4)8-2/h11-14H,7-10H2,1-6H3. The van der Waals surface area contributed by atoms with Crippen molar-refractivity contribution in [2.24, 2.45) is 11.8 Å². The molecule has 0 aromatic heterocycles. The van der Waals surface area contributed by atoms with Gasteiger partial charge in [0.15, 0.2) is 0 Å². The Hall–Kier alpha value is -0.720. The highest BCUT2D eigenvalue weighted by Gasteiger charge is 1.99. The molecule has 17 heavy (non-hydrogen) atoms. The molecule has 0 heterocycles. The van der Waals surface area contributed by atoms with Crippen molar-refractivity contribution in [3.8, 4) is 0 Å². The topological polar surface area (TPSA) is 9.23 Å². The lowest BCUT2D eigenvalue weighted by Gasteiger charge is -2.10. The van der Waals surface area contributed by atoms with Crippen LogP contribution in [0.1, 0.15) is 67.2 Å². The fourth-order valence-corrected chi connectivity index (χ4v) is 1.40. The van der Waals surface area contributed by atoms with Crippen LogP contribution in [0.15, 0.2) is 23.7 Å². The Morgan fingerprint density at radius 2 is 1.24 bits per heavy atom. The summed E-state index contributed by atoms with van der Waals surface area (Å²) in [6, 6.07) is 0. The Morgan fingerprint density at radius 1 is 0.882 bits per heavy atom. The van der Waals surface area contributed by atoms with Crippen molar-refractivity contribution in [2.75, 3.05) is 0 Å². The second-order valence-corrected chi connectivity index (χ2v) is 5.23. The Morgan fingerprint density at radius 3 is 1.53 bits per heavy atom. The van der Waals surface area contributed by atoms with Gasteiger partial charge in [-0.05, 0) is 50.7 Å². The first-order valence-corrected chi connectivity index (χ1v) is 7.00. The predicted molar refractivity (Wildman–Crippen MR) is 76.7 cm³/mol. The molecular formula is C16H30O. The van der Waals surface area contributed by atoms with Crippen molar-refractivity contribution >= 4 is 0 Å². The minimum atomic E-state index is 0.748. The van der Waals surface area contributed by atoms with Gasteiger partial charge >= 0.3 is 0 Å². The molecule has 0 radical (unpaired) electrons. The summed E-state index contributed by atoms with van der Waals surface area (Å²) in [6.45, 7) is 13.1. The maximum absolute atomic E-state index is 5.76. The largest absolute Gasteiger partial charge is 0.467 e. The normalized spacial score (nSPS) is 16.8. The first-order valence-electron chi connectivity index (χ1n) is 7.00. The summed E-state index contributed by atoms with van der Waals surface area (Å²) in [5.41, 5.74) is 0.